The minimum atomic E-state index is -0.308. The van der Waals surface area contributed by atoms with Crippen LogP contribution >= 0.6 is 11.3 Å². The van der Waals surface area contributed by atoms with Gasteiger partial charge in [0.05, 0.1) is 16.6 Å². The van der Waals surface area contributed by atoms with Crippen LogP contribution < -0.4 is 5.32 Å². The van der Waals surface area contributed by atoms with Crippen LogP contribution in [0.1, 0.15) is 5.56 Å². The Labute approximate surface area is 154 Å². The van der Waals surface area contributed by atoms with E-state index in [2.05, 4.69) is 10.3 Å². The number of rotatable bonds is 4. The van der Waals surface area contributed by atoms with Crippen molar-refractivity contribution in [3.63, 3.8) is 0 Å². The summed E-state index contributed by atoms with van der Waals surface area (Å²) in [6.45, 7) is 0. The Bertz CT molecular complexity index is 1040. The second kappa shape index (κ2) is 7.06. The first-order valence-corrected chi connectivity index (χ1v) is 8.99. The topological polar surface area (TPSA) is 42.0 Å². The van der Waals surface area contributed by atoms with Crippen LogP contribution in [0.5, 0.6) is 0 Å². The maximum absolute atomic E-state index is 12.9. The van der Waals surface area contributed by atoms with Crippen LogP contribution in [-0.4, -0.2) is 10.9 Å². The molecule has 0 spiro atoms. The van der Waals surface area contributed by atoms with E-state index in [9.17, 15) is 9.18 Å². The van der Waals surface area contributed by atoms with E-state index in [1.807, 2.05) is 48.5 Å². The lowest BCUT2D eigenvalue weighted by Crippen LogP contribution is -2.14. The van der Waals surface area contributed by atoms with Gasteiger partial charge in [0.25, 0.3) is 0 Å². The number of nitrogens with one attached hydrogen (secondary N) is 1. The quantitative estimate of drug-likeness (QED) is 0.536. The molecule has 0 saturated heterocycles. The molecule has 0 aliphatic rings. The molecular formula is C21H15FN2OS. The first-order valence-electron chi connectivity index (χ1n) is 8.18. The van der Waals surface area contributed by atoms with Crippen LogP contribution in [0.15, 0.2) is 72.8 Å². The van der Waals surface area contributed by atoms with Gasteiger partial charge in [-0.25, -0.2) is 9.37 Å². The zero-order valence-corrected chi connectivity index (χ0v) is 14.6. The first-order chi connectivity index (χ1) is 12.7. The predicted octanol–water partition coefficient (Wildman–Crippen LogP) is 5.28. The highest BCUT2D eigenvalue weighted by Gasteiger charge is 2.08. The zero-order chi connectivity index (χ0) is 17.9. The molecule has 5 heteroatoms. The first kappa shape index (κ1) is 16.4. The summed E-state index contributed by atoms with van der Waals surface area (Å²) in [5.41, 5.74) is 3.42. The van der Waals surface area contributed by atoms with Crippen molar-refractivity contribution in [2.75, 3.05) is 5.32 Å². The number of amides is 1. The number of halogens is 1. The van der Waals surface area contributed by atoms with Gasteiger partial charge in [0.2, 0.25) is 5.91 Å². The fourth-order valence-electron chi connectivity index (χ4n) is 2.72. The summed E-state index contributed by atoms with van der Waals surface area (Å²) in [5.74, 6) is -0.448. The van der Waals surface area contributed by atoms with Gasteiger partial charge in [0.15, 0.2) is 0 Å². The van der Waals surface area contributed by atoms with E-state index >= 15 is 0 Å². The molecule has 26 heavy (non-hydrogen) atoms. The van der Waals surface area contributed by atoms with Gasteiger partial charge < -0.3 is 5.32 Å². The van der Waals surface area contributed by atoms with Crippen molar-refractivity contribution in [1.82, 2.24) is 4.98 Å². The lowest BCUT2D eigenvalue weighted by atomic mass is 10.1. The van der Waals surface area contributed by atoms with Crippen LogP contribution in [0, 0.1) is 5.82 Å². The standard InChI is InChI=1S/C21H15FN2OS/c22-16-10-8-14(9-11-16)12-20(25)23-17-5-3-4-15(13-17)21-24-18-6-1-2-7-19(18)26-21/h1-11,13H,12H2,(H,23,25). The van der Waals surface area contributed by atoms with Crippen LogP contribution in [0.3, 0.4) is 0 Å². The largest absolute Gasteiger partial charge is 0.326 e. The van der Waals surface area contributed by atoms with Crippen molar-refractivity contribution in [2.45, 2.75) is 6.42 Å². The lowest BCUT2D eigenvalue weighted by molar-refractivity contribution is -0.115. The molecule has 4 aromatic rings. The summed E-state index contributed by atoms with van der Waals surface area (Å²) in [4.78, 5) is 16.9. The molecule has 0 unspecified atom stereocenters. The second-order valence-corrected chi connectivity index (χ2v) is 6.95. The van der Waals surface area contributed by atoms with E-state index in [4.69, 9.17) is 0 Å². The van der Waals surface area contributed by atoms with Crippen LogP contribution in [-0.2, 0) is 11.2 Å². The highest BCUT2D eigenvalue weighted by Crippen LogP contribution is 2.31. The molecule has 1 N–H and O–H groups in total. The number of aromatic nitrogens is 1. The van der Waals surface area contributed by atoms with Gasteiger partial charge >= 0.3 is 0 Å². The summed E-state index contributed by atoms with van der Waals surface area (Å²) >= 11 is 1.62. The molecule has 0 atom stereocenters. The molecule has 0 fully saturated rings. The van der Waals surface area contributed by atoms with Gasteiger partial charge in [-0.05, 0) is 42.0 Å². The lowest BCUT2D eigenvalue weighted by Gasteiger charge is -2.07. The highest BCUT2D eigenvalue weighted by atomic mass is 32.1. The summed E-state index contributed by atoms with van der Waals surface area (Å²) in [6.07, 6.45) is 0.200. The normalized spacial score (nSPS) is 10.8. The number of hydrogen-bond donors (Lipinski definition) is 1. The molecule has 0 aliphatic carbocycles. The second-order valence-electron chi connectivity index (χ2n) is 5.92. The highest BCUT2D eigenvalue weighted by molar-refractivity contribution is 7.21. The van der Waals surface area contributed by atoms with Gasteiger partial charge in [-0.15, -0.1) is 11.3 Å². The van der Waals surface area contributed by atoms with Crippen molar-refractivity contribution < 1.29 is 9.18 Å². The van der Waals surface area contributed by atoms with Crippen LogP contribution in [0.2, 0.25) is 0 Å². The van der Waals surface area contributed by atoms with Crippen molar-refractivity contribution in [3.05, 3.63) is 84.2 Å². The summed E-state index contributed by atoms with van der Waals surface area (Å²) in [7, 11) is 0. The number of para-hydroxylation sites is 1. The summed E-state index contributed by atoms with van der Waals surface area (Å²) < 4.78 is 14.1. The van der Waals surface area contributed by atoms with Gasteiger partial charge in [0.1, 0.15) is 10.8 Å². The number of carbonyl (C=O) groups is 1. The maximum Gasteiger partial charge on any atom is 0.228 e. The van der Waals surface area contributed by atoms with Crippen molar-refractivity contribution >= 4 is 33.1 Å². The van der Waals surface area contributed by atoms with Gasteiger partial charge in [-0.1, -0.05) is 36.4 Å². The minimum absolute atomic E-state index is 0.141. The average molecular weight is 362 g/mol. The molecular weight excluding hydrogens is 347 g/mol. The zero-order valence-electron chi connectivity index (χ0n) is 13.8. The molecule has 4 rings (SSSR count). The van der Waals surface area contributed by atoms with E-state index in [1.54, 1.807) is 23.5 Å². The minimum Gasteiger partial charge on any atom is -0.326 e. The number of thiazole rings is 1. The number of hydrogen-bond acceptors (Lipinski definition) is 3. The number of anilines is 1. The van der Waals surface area contributed by atoms with Gasteiger partial charge in [-0.2, -0.15) is 0 Å². The fraction of sp³-hybridized carbons (Fsp3) is 0.0476. The van der Waals surface area contributed by atoms with E-state index in [-0.39, 0.29) is 18.1 Å². The SMILES string of the molecule is O=C(Cc1ccc(F)cc1)Nc1cccc(-c2nc3ccccc3s2)c1. The van der Waals surface area contributed by atoms with E-state index in [1.165, 1.54) is 12.1 Å². The molecule has 0 bridgehead atoms. The molecule has 1 amide bonds. The molecule has 128 valence electrons. The summed E-state index contributed by atoms with van der Waals surface area (Å²) in [6, 6.07) is 21.6. The Morgan fingerprint density at radius 1 is 1.00 bits per heavy atom. The maximum atomic E-state index is 12.9. The number of carbonyl (C=O) groups excluding carboxylic acids is 1. The van der Waals surface area contributed by atoms with Crippen molar-refractivity contribution in [1.29, 1.82) is 0 Å². The van der Waals surface area contributed by atoms with E-state index in [0.29, 0.717) is 5.69 Å². The van der Waals surface area contributed by atoms with Crippen molar-refractivity contribution in [2.24, 2.45) is 0 Å². The Kier molecular flexibility index (Phi) is 4.46. The van der Waals surface area contributed by atoms with Crippen LogP contribution in [0.4, 0.5) is 10.1 Å². The Morgan fingerprint density at radius 3 is 2.62 bits per heavy atom. The number of fused-ring (bicyclic) bond motifs is 1. The Morgan fingerprint density at radius 2 is 1.81 bits per heavy atom. The Balaban J connectivity index is 1.51. The molecule has 0 aliphatic heterocycles. The molecule has 0 saturated carbocycles. The molecule has 1 heterocycles. The number of nitrogens with zero attached hydrogens (tertiary/aromatic N) is 1. The third-order valence-corrected chi connectivity index (χ3v) is 5.05. The van der Waals surface area contributed by atoms with E-state index in [0.717, 1.165) is 26.4 Å². The average Bonchev–Trinajstić information content (AvgIpc) is 3.08. The molecule has 1 aromatic heterocycles. The third kappa shape index (κ3) is 3.63. The monoisotopic (exact) mass is 362 g/mol. The van der Waals surface area contributed by atoms with Crippen LogP contribution in [0.25, 0.3) is 20.8 Å². The molecule has 3 aromatic carbocycles. The smallest absolute Gasteiger partial charge is 0.228 e. The van der Waals surface area contributed by atoms with Crippen molar-refractivity contribution in [3.8, 4) is 10.6 Å². The molecule has 0 radical (unpaired) electrons. The van der Waals surface area contributed by atoms with Gasteiger partial charge in [-0.3, -0.25) is 4.79 Å². The molecule has 3 nitrogen and oxygen atoms in total. The fourth-order valence-corrected chi connectivity index (χ4v) is 3.68. The van der Waals surface area contributed by atoms with E-state index < -0.39 is 0 Å². The Hall–Kier alpha value is -3.05. The summed E-state index contributed by atoms with van der Waals surface area (Å²) in [5, 5.41) is 3.81. The number of benzene rings is 3. The third-order valence-electron chi connectivity index (χ3n) is 3.97. The van der Waals surface area contributed by atoms with Gasteiger partial charge in [0, 0.05) is 11.3 Å². The predicted molar refractivity (Wildman–Crippen MR) is 104 cm³/mol.